The van der Waals surface area contributed by atoms with Gasteiger partial charge in [-0.3, -0.25) is 9.78 Å². The van der Waals surface area contributed by atoms with Crippen LogP contribution < -0.4 is 15.2 Å². The van der Waals surface area contributed by atoms with Crippen molar-refractivity contribution in [2.45, 2.75) is 12.9 Å². The van der Waals surface area contributed by atoms with Gasteiger partial charge in [0.25, 0.3) is 5.56 Å². The summed E-state index contributed by atoms with van der Waals surface area (Å²) < 4.78 is 42.3. The van der Waals surface area contributed by atoms with E-state index in [9.17, 15) is 18.0 Å². The molecular weight excluding hydrogens is 399 g/mol. The summed E-state index contributed by atoms with van der Waals surface area (Å²) in [5.74, 6) is 0.00872. The molecule has 4 aromatic rings. The molecule has 30 heavy (non-hydrogen) atoms. The first-order valence-electron chi connectivity index (χ1n) is 8.89. The van der Waals surface area contributed by atoms with Crippen LogP contribution >= 0.6 is 0 Å². The second-order valence-electron chi connectivity index (χ2n) is 6.57. The number of benzene rings is 2. The number of para-hydroxylation sites is 1. The largest absolute Gasteiger partial charge is 0.573 e. The predicted octanol–water partition coefficient (Wildman–Crippen LogP) is 3.64. The van der Waals surface area contributed by atoms with Crippen LogP contribution in [-0.2, 0) is 6.54 Å². The Bertz CT molecular complexity index is 1220. The van der Waals surface area contributed by atoms with Gasteiger partial charge in [-0.1, -0.05) is 30.3 Å². The highest BCUT2D eigenvalue weighted by Crippen LogP contribution is 2.23. The molecule has 0 unspecified atom stereocenters. The number of rotatable bonds is 5. The van der Waals surface area contributed by atoms with Gasteiger partial charge in [0.15, 0.2) is 5.65 Å². The summed E-state index contributed by atoms with van der Waals surface area (Å²) in [6.07, 6.45) is -3.28. The molecule has 0 radical (unpaired) electrons. The van der Waals surface area contributed by atoms with Crippen molar-refractivity contribution in [3.8, 4) is 11.4 Å². The zero-order valence-electron chi connectivity index (χ0n) is 15.7. The van der Waals surface area contributed by atoms with Crippen LogP contribution in [0.3, 0.4) is 0 Å². The number of nitrogens with one attached hydrogen (secondary N) is 1. The van der Waals surface area contributed by atoms with Crippen LogP contribution in [0.25, 0.3) is 16.7 Å². The van der Waals surface area contributed by atoms with E-state index in [-0.39, 0.29) is 11.3 Å². The Balaban J connectivity index is 1.60. The number of nitrogens with zero attached hydrogens (tertiary/aromatic N) is 4. The fraction of sp³-hybridized carbons (Fsp3) is 0.150. The van der Waals surface area contributed by atoms with Gasteiger partial charge in [0.1, 0.15) is 11.1 Å². The average Bonchev–Trinajstić information content (AvgIpc) is 3.13. The molecule has 1 N–H and O–H groups in total. The van der Waals surface area contributed by atoms with Gasteiger partial charge < -0.3 is 9.64 Å². The summed E-state index contributed by atoms with van der Waals surface area (Å²) in [6.45, 7) is 0.306. The van der Waals surface area contributed by atoms with Crippen LogP contribution in [0.2, 0.25) is 0 Å². The van der Waals surface area contributed by atoms with Gasteiger partial charge in [0.05, 0.1) is 11.9 Å². The molecular formula is C20H16F3N5O2. The Labute approximate surface area is 168 Å². The lowest BCUT2D eigenvalue weighted by atomic mass is 10.2. The normalized spacial score (nSPS) is 11.6. The summed E-state index contributed by atoms with van der Waals surface area (Å²) in [5.41, 5.74) is 1.55. The van der Waals surface area contributed by atoms with E-state index in [1.165, 1.54) is 30.5 Å². The molecule has 0 aliphatic rings. The quantitative estimate of drug-likeness (QED) is 0.539. The highest BCUT2D eigenvalue weighted by molar-refractivity contribution is 5.76. The molecule has 0 bridgehead atoms. The van der Waals surface area contributed by atoms with Crippen molar-refractivity contribution in [2.75, 3.05) is 11.9 Å². The maximum Gasteiger partial charge on any atom is 0.573 e. The first-order valence-corrected chi connectivity index (χ1v) is 8.89. The first-order chi connectivity index (χ1) is 14.3. The van der Waals surface area contributed by atoms with Crippen molar-refractivity contribution in [3.63, 3.8) is 0 Å². The van der Waals surface area contributed by atoms with Crippen molar-refractivity contribution in [1.82, 2.24) is 19.7 Å². The molecule has 154 valence electrons. The van der Waals surface area contributed by atoms with Crippen LogP contribution in [-0.4, -0.2) is 33.2 Å². The second-order valence-corrected chi connectivity index (χ2v) is 6.57. The molecule has 0 atom stereocenters. The van der Waals surface area contributed by atoms with E-state index < -0.39 is 6.36 Å². The Morgan fingerprint density at radius 2 is 1.80 bits per heavy atom. The van der Waals surface area contributed by atoms with Crippen molar-refractivity contribution < 1.29 is 17.9 Å². The highest BCUT2D eigenvalue weighted by Gasteiger charge is 2.30. The van der Waals surface area contributed by atoms with Crippen LogP contribution in [0, 0.1) is 0 Å². The van der Waals surface area contributed by atoms with E-state index in [4.69, 9.17) is 0 Å². The summed E-state index contributed by atoms with van der Waals surface area (Å²) in [7, 11) is 1.72. The number of alkyl halides is 3. The molecule has 0 saturated heterocycles. The molecule has 0 spiro atoms. The number of aromatic nitrogens is 4. The fourth-order valence-corrected chi connectivity index (χ4v) is 2.99. The molecule has 7 nitrogen and oxygen atoms in total. The average molecular weight is 415 g/mol. The lowest BCUT2D eigenvalue weighted by molar-refractivity contribution is -0.274. The van der Waals surface area contributed by atoms with Gasteiger partial charge in [0, 0.05) is 13.6 Å². The summed E-state index contributed by atoms with van der Waals surface area (Å²) >= 11 is 0. The lowest BCUT2D eigenvalue weighted by Crippen LogP contribution is -2.23. The van der Waals surface area contributed by atoms with Crippen molar-refractivity contribution >= 4 is 17.0 Å². The topological polar surface area (TPSA) is 76.0 Å². The standard InChI is InChI=1S/C20H16F3N5O2/c1-27(12-13-7-9-15(10-8-13)30-20(21,22)23)19-25-17-16(18(29)26-19)11-24-28(17)14-5-3-2-4-6-14/h2-11H,12H2,1H3,(H,25,26,29). The van der Waals surface area contributed by atoms with Gasteiger partial charge in [-0.2, -0.15) is 10.1 Å². The molecule has 10 heteroatoms. The highest BCUT2D eigenvalue weighted by atomic mass is 19.4. The third kappa shape index (κ3) is 4.12. The maximum atomic E-state index is 12.5. The number of halogens is 3. The van der Waals surface area contributed by atoms with E-state index in [1.54, 1.807) is 16.6 Å². The predicted molar refractivity (Wildman–Crippen MR) is 105 cm³/mol. The van der Waals surface area contributed by atoms with Crippen molar-refractivity contribution in [3.05, 3.63) is 76.7 Å². The molecule has 0 saturated carbocycles. The third-order valence-corrected chi connectivity index (χ3v) is 4.36. The summed E-state index contributed by atoms with van der Waals surface area (Å²) in [4.78, 5) is 21.4. The number of anilines is 1. The van der Waals surface area contributed by atoms with Gasteiger partial charge >= 0.3 is 6.36 Å². The van der Waals surface area contributed by atoms with Crippen LogP contribution in [0.1, 0.15) is 5.56 Å². The molecule has 0 amide bonds. The van der Waals surface area contributed by atoms with E-state index in [0.29, 0.717) is 29.1 Å². The van der Waals surface area contributed by atoms with Gasteiger partial charge in [-0.25, -0.2) is 4.68 Å². The molecule has 0 fully saturated rings. The number of fused-ring (bicyclic) bond motifs is 1. The number of H-pyrrole nitrogens is 1. The number of hydrogen-bond donors (Lipinski definition) is 1. The van der Waals surface area contributed by atoms with Crippen LogP contribution in [0.15, 0.2) is 65.6 Å². The number of hydrogen-bond acceptors (Lipinski definition) is 5. The van der Waals surface area contributed by atoms with E-state index in [2.05, 4.69) is 19.8 Å². The Hall–Kier alpha value is -3.82. The summed E-state index contributed by atoms with van der Waals surface area (Å²) in [6, 6.07) is 14.8. The smallest absolute Gasteiger partial charge is 0.406 e. The minimum atomic E-state index is -4.74. The van der Waals surface area contributed by atoms with Crippen LogP contribution in [0.5, 0.6) is 5.75 Å². The Kier molecular flexibility index (Phi) is 4.90. The number of aromatic amines is 1. The van der Waals surface area contributed by atoms with Gasteiger partial charge in [0.2, 0.25) is 5.95 Å². The first kappa shape index (κ1) is 19.5. The molecule has 2 aromatic carbocycles. The SMILES string of the molecule is CN(Cc1ccc(OC(F)(F)F)cc1)c1nc2c(cnn2-c2ccccc2)c(=O)[nH]1. The molecule has 0 aliphatic heterocycles. The maximum absolute atomic E-state index is 12.5. The van der Waals surface area contributed by atoms with Gasteiger partial charge in [-0.15, -0.1) is 13.2 Å². The van der Waals surface area contributed by atoms with Crippen molar-refractivity contribution in [2.24, 2.45) is 0 Å². The molecule has 2 heterocycles. The van der Waals surface area contributed by atoms with E-state index in [1.807, 2.05) is 30.3 Å². The summed E-state index contributed by atoms with van der Waals surface area (Å²) in [5, 5.41) is 4.61. The minimum Gasteiger partial charge on any atom is -0.406 e. The second kappa shape index (κ2) is 7.54. The van der Waals surface area contributed by atoms with Crippen LogP contribution in [0.4, 0.5) is 19.1 Å². The monoisotopic (exact) mass is 415 g/mol. The molecule has 0 aliphatic carbocycles. The van der Waals surface area contributed by atoms with E-state index in [0.717, 1.165) is 5.69 Å². The fourth-order valence-electron chi connectivity index (χ4n) is 2.99. The Morgan fingerprint density at radius 1 is 1.10 bits per heavy atom. The van der Waals surface area contributed by atoms with E-state index >= 15 is 0 Å². The van der Waals surface area contributed by atoms with Gasteiger partial charge in [-0.05, 0) is 29.8 Å². The molecule has 2 aromatic heterocycles. The third-order valence-electron chi connectivity index (χ3n) is 4.36. The zero-order chi connectivity index (χ0) is 21.3. The van der Waals surface area contributed by atoms with Crippen molar-refractivity contribution in [1.29, 1.82) is 0 Å². The number of ether oxygens (including phenoxy) is 1. The zero-order valence-corrected chi connectivity index (χ0v) is 15.7. The minimum absolute atomic E-state index is 0.298. The molecule has 4 rings (SSSR count). The lowest BCUT2D eigenvalue weighted by Gasteiger charge is -2.18. The Morgan fingerprint density at radius 3 is 2.47 bits per heavy atom.